The highest BCUT2D eigenvalue weighted by Gasteiger charge is 2.43. The lowest BCUT2D eigenvalue weighted by atomic mass is 9.92. The lowest BCUT2D eigenvalue weighted by molar-refractivity contribution is -0.136. The number of thiophene rings is 1. The zero-order valence-corrected chi connectivity index (χ0v) is 16.3. The van der Waals surface area contributed by atoms with Crippen LogP contribution in [0.25, 0.3) is 0 Å². The number of rotatable bonds is 4. The highest BCUT2D eigenvalue weighted by atomic mass is 35.5. The second-order valence-electron chi connectivity index (χ2n) is 6.22. The summed E-state index contributed by atoms with van der Waals surface area (Å²) in [6.07, 6.45) is -2.93. The number of hydrogen-bond acceptors (Lipinski definition) is 4. The molecular formula is C18H15ClF3NO4S. The zero-order chi connectivity index (χ0) is 20.8. The second-order valence-corrected chi connectivity index (χ2v) is 7.68. The summed E-state index contributed by atoms with van der Waals surface area (Å²) >= 11 is 6.74. The summed E-state index contributed by atoms with van der Waals surface area (Å²) in [5.74, 6) is -1.36. The molecule has 1 aliphatic carbocycles. The summed E-state index contributed by atoms with van der Waals surface area (Å²) in [7, 11) is 1.42. The van der Waals surface area contributed by atoms with E-state index in [0.717, 1.165) is 12.1 Å². The minimum atomic E-state index is -4.54. The van der Waals surface area contributed by atoms with Crippen molar-refractivity contribution in [3.63, 3.8) is 0 Å². The molecule has 1 amide bonds. The molecular weight excluding hydrogens is 419 g/mol. The van der Waals surface area contributed by atoms with E-state index in [2.05, 4.69) is 0 Å². The molecule has 28 heavy (non-hydrogen) atoms. The molecule has 0 fully saturated rings. The minimum Gasteiger partial charge on any atom is -0.496 e. The standard InChI is InChI=1S/C18H15ClF3NO4S/c1-8-9(7-14(24)25)15-10(3-4-11(27-2)16(15)19)23(8)17(26)12-5-6-13(28-12)18(20,21)22/h4-6,10H,3,7H2,1-2H3,(H,24,25). The van der Waals surface area contributed by atoms with Gasteiger partial charge in [-0.05, 0) is 37.1 Å². The molecule has 3 rings (SSSR count). The van der Waals surface area contributed by atoms with Gasteiger partial charge in [0.15, 0.2) is 0 Å². The van der Waals surface area contributed by atoms with Crippen molar-refractivity contribution in [2.45, 2.75) is 32.0 Å². The Morgan fingerprint density at radius 2 is 2.07 bits per heavy atom. The van der Waals surface area contributed by atoms with Crippen LogP contribution in [-0.4, -0.2) is 35.0 Å². The number of aliphatic carboxylic acids is 1. The summed E-state index contributed by atoms with van der Waals surface area (Å²) in [5, 5.41) is 9.45. The number of carbonyl (C=O) groups excluding carboxylic acids is 1. The van der Waals surface area contributed by atoms with Crippen LogP contribution in [0, 0.1) is 0 Å². The Balaban J connectivity index is 2.05. The lowest BCUT2D eigenvalue weighted by Crippen LogP contribution is -2.36. The SMILES string of the molecule is COC1=CCC2C(=C1Cl)C(CC(=O)O)=C(C)N2C(=O)c1ccc(C(F)(F)F)s1. The first-order valence-corrected chi connectivity index (χ1v) is 9.32. The molecule has 1 atom stereocenters. The normalized spacial score (nSPS) is 19.7. The van der Waals surface area contributed by atoms with Crippen LogP contribution in [0.4, 0.5) is 13.2 Å². The van der Waals surface area contributed by atoms with Crippen molar-refractivity contribution >= 4 is 34.8 Å². The van der Waals surface area contributed by atoms with E-state index in [-0.39, 0.29) is 16.3 Å². The van der Waals surface area contributed by atoms with Gasteiger partial charge in [-0.1, -0.05) is 11.6 Å². The van der Waals surface area contributed by atoms with Gasteiger partial charge in [0.25, 0.3) is 5.91 Å². The maximum atomic E-state index is 13.0. The largest absolute Gasteiger partial charge is 0.496 e. The van der Waals surface area contributed by atoms with E-state index in [1.807, 2.05) is 0 Å². The van der Waals surface area contributed by atoms with E-state index in [1.54, 1.807) is 13.0 Å². The molecule has 10 heteroatoms. The number of methoxy groups -OCH3 is 1. The molecule has 0 radical (unpaired) electrons. The van der Waals surface area contributed by atoms with Crippen LogP contribution >= 0.6 is 22.9 Å². The van der Waals surface area contributed by atoms with Gasteiger partial charge in [-0.3, -0.25) is 9.59 Å². The van der Waals surface area contributed by atoms with Gasteiger partial charge in [-0.25, -0.2) is 0 Å². The summed E-state index contributed by atoms with van der Waals surface area (Å²) in [4.78, 5) is 24.7. The zero-order valence-electron chi connectivity index (χ0n) is 14.8. The Kier molecular flexibility index (Phi) is 5.33. The molecule has 0 bridgehead atoms. The average Bonchev–Trinajstić information content (AvgIpc) is 3.19. The van der Waals surface area contributed by atoms with Gasteiger partial charge in [-0.15, -0.1) is 11.3 Å². The number of carboxylic acids is 1. The second kappa shape index (κ2) is 7.29. The lowest BCUT2D eigenvalue weighted by Gasteiger charge is -2.29. The summed E-state index contributed by atoms with van der Waals surface area (Å²) in [5.41, 5.74) is 1.19. The fraction of sp³-hybridized carbons (Fsp3) is 0.333. The molecule has 0 aromatic carbocycles. The van der Waals surface area contributed by atoms with E-state index >= 15 is 0 Å². The van der Waals surface area contributed by atoms with Gasteiger partial charge in [0, 0.05) is 11.3 Å². The van der Waals surface area contributed by atoms with Crippen LogP contribution < -0.4 is 0 Å². The first-order valence-electron chi connectivity index (χ1n) is 8.13. The molecule has 1 aromatic rings. The molecule has 1 N–H and O–H groups in total. The number of carboxylic acid groups (broad SMARTS) is 1. The smallest absolute Gasteiger partial charge is 0.425 e. The van der Waals surface area contributed by atoms with Gasteiger partial charge in [0.05, 0.1) is 29.5 Å². The number of nitrogens with zero attached hydrogens (tertiary/aromatic N) is 1. The maximum absolute atomic E-state index is 13.0. The quantitative estimate of drug-likeness (QED) is 0.743. The van der Waals surface area contributed by atoms with E-state index in [9.17, 15) is 27.9 Å². The molecule has 0 saturated heterocycles. The summed E-state index contributed by atoms with van der Waals surface area (Å²) < 4.78 is 43.9. The third kappa shape index (κ3) is 3.44. The topological polar surface area (TPSA) is 66.8 Å². The molecule has 1 aliphatic heterocycles. The Morgan fingerprint density at radius 1 is 1.39 bits per heavy atom. The molecule has 0 saturated carbocycles. The third-order valence-corrected chi connectivity index (χ3v) is 6.12. The van der Waals surface area contributed by atoms with E-state index in [0.29, 0.717) is 40.4 Å². The number of ether oxygens (including phenoxy) is 1. The molecule has 2 aliphatic rings. The van der Waals surface area contributed by atoms with E-state index in [4.69, 9.17) is 16.3 Å². The van der Waals surface area contributed by atoms with Crippen LogP contribution in [0.3, 0.4) is 0 Å². The van der Waals surface area contributed by atoms with Crippen molar-refractivity contribution in [1.82, 2.24) is 4.90 Å². The van der Waals surface area contributed by atoms with Crippen LogP contribution in [0.2, 0.25) is 0 Å². The van der Waals surface area contributed by atoms with Gasteiger partial charge in [0.2, 0.25) is 0 Å². The van der Waals surface area contributed by atoms with Gasteiger partial charge >= 0.3 is 12.1 Å². The van der Waals surface area contributed by atoms with Gasteiger partial charge in [-0.2, -0.15) is 13.2 Å². The number of alkyl halides is 3. The fourth-order valence-corrected chi connectivity index (χ4v) is 4.62. The first kappa shape index (κ1) is 20.5. The third-order valence-electron chi connectivity index (χ3n) is 4.61. The van der Waals surface area contributed by atoms with Gasteiger partial charge in [0.1, 0.15) is 10.6 Å². The van der Waals surface area contributed by atoms with Gasteiger partial charge < -0.3 is 14.7 Å². The highest BCUT2D eigenvalue weighted by molar-refractivity contribution is 7.14. The predicted octanol–water partition coefficient (Wildman–Crippen LogP) is 4.77. The number of halogens is 4. The van der Waals surface area contributed by atoms with E-state index in [1.165, 1.54) is 12.0 Å². The fourth-order valence-electron chi connectivity index (χ4n) is 3.41. The first-order chi connectivity index (χ1) is 13.1. The maximum Gasteiger partial charge on any atom is 0.425 e. The number of fused-ring (bicyclic) bond motifs is 1. The monoisotopic (exact) mass is 433 g/mol. The van der Waals surface area contributed by atoms with E-state index < -0.39 is 29.0 Å². The van der Waals surface area contributed by atoms with Crippen LogP contribution in [0.1, 0.15) is 34.3 Å². The Morgan fingerprint density at radius 3 is 2.61 bits per heavy atom. The molecule has 1 unspecified atom stereocenters. The van der Waals surface area contributed by atoms with Crippen molar-refractivity contribution in [3.05, 3.63) is 55.6 Å². The molecule has 0 spiro atoms. The Hall–Kier alpha value is -2.26. The van der Waals surface area contributed by atoms with Crippen molar-refractivity contribution in [3.8, 4) is 0 Å². The minimum absolute atomic E-state index is 0.0831. The van der Waals surface area contributed by atoms with Crippen LogP contribution in [-0.2, 0) is 15.7 Å². The Bertz CT molecular complexity index is 945. The summed E-state index contributed by atoms with van der Waals surface area (Å²) in [6.45, 7) is 1.57. The molecule has 1 aromatic heterocycles. The average molecular weight is 434 g/mol. The van der Waals surface area contributed by atoms with Crippen LogP contribution in [0.5, 0.6) is 0 Å². The van der Waals surface area contributed by atoms with Crippen molar-refractivity contribution < 1.29 is 32.6 Å². The highest BCUT2D eigenvalue weighted by Crippen LogP contribution is 2.45. The number of carbonyl (C=O) groups is 2. The number of amides is 1. The van der Waals surface area contributed by atoms with Crippen LogP contribution in [0.15, 0.2) is 45.8 Å². The van der Waals surface area contributed by atoms with Crippen molar-refractivity contribution in [2.75, 3.05) is 7.11 Å². The van der Waals surface area contributed by atoms with Crippen molar-refractivity contribution in [1.29, 1.82) is 0 Å². The number of hydrogen-bond donors (Lipinski definition) is 1. The Labute approximate surface area is 167 Å². The molecule has 150 valence electrons. The molecule has 2 heterocycles. The van der Waals surface area contributed by atoms with Crippen molar-refractivity contribution in [2.24, 2.45) is 0 Å². The number of allylic oxidation sites excluding steroid dienone is 2. The summed E-state index contributed by atoms with van der Waals surface area (Å²) in [6, 6.07) is 1.39. The molecule has 5 nitrogen and oxygen atoms in total. The predicted molar refractivity (Wildman–Crippen MR) is 96.8 cm³/mol.